The van der Waals surface area contributed by atoms with Gasteiger partial charge in [0.2, 0.25) is 5.91 Å². The summed E-state index contributed by atoms with van der Waals surface area (Å²) in [7, 11) is 0. The Morgan fingerprint density at radius 3 is 2.81 bits per heavy atom. The van der Waals surface area contributed by atoms with Crippen LogP contribution in [-0.4, -0.2) is 18.5 Å². The van der Waals surface area contributed by atoms with Gasteiger partial charge in [-0.25, -0.2) is 4.79 Å². The van der Waals surface area contributed by atoms with E-state index >= 15 is 0 Å². The predicted octanol–water partition coefficient (Wildman–Crippen LogP) is 3.79. The highest BCUT2D eigenvalue weighted by molar-refractivity contribution is 7.17. The fourth-order valence-electron chi connectivity index (χ4n) is 2.54. The molecule has 0 saturated heterocycles. The summed E-state index contributed by atoms with van der Waals surface area (Å²) >= 11 is 1.54. The number of hydrogen-bond acceptors (Lipinski definition) is 4. The highest BCUT2D eigenvalue weighted by Gasteiger charge is 2.28. The molecule has 0 radical (unpaired) electrons. The monoisotopic (exact) mass is 309 g/mol. The van der Waals surface area contributed by atoms with Crippen molar-refractivity contribution >= 4 is 28.2 Å². The lowest BCUT2D eigenvalue weighted by molar-refractivity contribution is -0.115. The van der Waals surface area contributed by atoms with Gasteiger partial charge >= 0.3 is 5.97 Å². The van der Waals surface area contributed by atoms with E-state index < -0.39 is 0 Å². The van der Waals surface area contributed by atoms with Gasteiger partial charge in [0.1, 0.15) is 5.00 Å². The van der Waals surface area contributed by atoms with E-state index in [1.54, 1.807) is 6.92 Å². The Kier molecular flexibility index (Phi) is 5.39. The van der Waals surface area contributed by atoms with Crippen LogP contribution in [0.15, 0.2) is 0 Å². The number of ether oxygens (including phenoxy) is 1. The second-order valence-corrected chi connectivity index (χ2v) is 6.70. The Balaban J connectivity index is 2.34. The van der Waals surface area contributed by atoms with Crippen molar-refractivity contribution in [3.63, 3.8) is 0 Å². The van der Waals surface area contributed by atoms with Gasteiger partial charge in [-0.3, -0.25) is 4.79 Å². The Morgan fingerprint density at radius 1 is 1.38 bits per heavy atom. The molecule has 0 saturated carbocycles. The first-order valence-corrected chi connectivity index (χ1v) is 8.49. The lowest BCUT2D eigenvalue weighted by Crippen LogP contribution is -2.16. The SMILES string of the molecule is CCCOC(=O)c1c(NC(=O)CC)sc2c1CCC(C)C2. The first-order chi connectivity index (χ1) is 10.1. The van der Waals surface area contributed by atoms with Crippen molar-refractivity contribution in [3.8, 4) is 0 Å². The molecule has 1 aliphatic carbocycles. The summed E-state index contributed by atoms with van der Waals surface area (Å²) in [5.41, 5.74) is 1.68. The molecule has 0 spiro atoms. The van der Waals surface area contributed by atoms with Gasteiger partial charge < -0.3 is 10.1 Å². The lowest BCUT2D eigenvalue weighted by atomic mass is 9.88. The van der Waals surface area contributed by atoms with E-state index in [9.17, 15) is 9.59 Å². The summed E-state index contributed by atoms with van der Waals surface area (Å²) in [6.45, 7) is 6.42. The summed E-state index contributed by atoms with van der Waals surface area (Å²) < 4.78 is 5.30. The molecule has 0 aliphatic heterocycles. The third-order valence-corrected chi connectivity index (χ3v) is 4.90. The highest BCUT2D eigenvalue weighted by atomic mass is 32.1. The Hall–Kier alpha value is -1.36. The second kappa shape index (κ2) is 7.07. The minimum atomic E-state index is -0.296. The standard InChI is InChI=1S/C16H23NO3S/c1-4-8-20-16(19)14-11-7-6-10(3)9-12(11)21-15(14)17-13(18)5-2/h10H,4-9H2,1-3H3,(H,17,18). The topological polar surface area (TPSA) is 55.4 Å². The van der Waals surface area contributed by atoms with Gasteiger partial charge in [0.05, 0.1) is 12.2 Å². The molecule has 1 aromatic heterocycles. The molecule has 1 atom stereocenters. The largest absolute Gasteiger partial charge is 0.462 e. The molecule has 0 fully saturated rings. The van der Waals surface area contributed by atoms with Crippen molar-refractivity contribution in [1.82, 2.24) is 0 Å². The van der Waals surface area contributed by atoms with E-state index in [-0.39, 0.29) is 11.9 Å². The minimum Gasteiger partial charge on any atom is -0.462 e. The van der Waals surface area contributed by atoms with Crippen LogP contribution >= 0.6 is 11.3 Å². The molecule has 1 aliphatic rings. The quantitative estimate of drug-likeness (QED) is 0.842. The number of nitrogens with one attached hydrogen (secondary N) is 1. The maximum Gasteiger partial charge on any atom is 0.341 e. The van der Waals surface area contributed by atoms with Crippen LogP contribution in [0.4, 0.5) is 5.00 Å². The van der Waals surface area contributed by atoms with Crippen LogP contribution < -0.4 is 5.32 Å². The molecular formula is C16H23NO3S. The third kappa shape index (κ3) is 3.64. The molecule has 5 heteroatoms. The molecule has 0 bridgehead atoms. The van der Waals surface area contributed by atoms with E-state index in [1.807, 2.05) is 6.92 Å². The first-order valence-electron chi connectivity index (χ1n) is 7.68. The average molecular weight is 309 g/mol. The Morgan fingerprint density at radius 2 is 2.14 bits per heavy atom. The number of esters is 1. The molecule has 1 amide bonds. The number of carbonyl (C=O) groups excluding carboxylic acids is 2. The number of thiophene rings is 1. The molecule has 4 nitrogen and oxygen atoms in total. The molecule has 2 rings (SSSR count). The summed E-state index contributed by atoms with van der Waals surface area (Å²) in [6, 6.07) is 0. The molecule has 21 heavy (non-hydrogen) atoms. The fraction of sp³-hybridized carbons (Fsp3) is 0.625. The van der Waals surface area contributed by atoms with Crippen molar-refractivity contribution in [2.45, 2.75) is 52.9 Å². The van der Waals surface area contributed by atoms with E-state index in [0.717, 1.165) is 31.2 Å². The summed E-state index contributed by atoms with van der Waals surface area (Å²) in [5, 5.41) is 3.54. The zero-order valence-electron chi connectivity index (χ0n) is 13.0. The smallest absolute Gasteiger partial charge is 0.341 e. The van der Waals surface area contributed by atoms with Gasteiger partial charge in [0.25, 0.3) is 0 Å². The summed E-state index contributed by atoms with van der Waals surface area (Å²) in [4.78, 5) is 25.3. The van der Waals surface area contributed by atoms with Crippen LogP contribution in [0.1, 0.15) is 60.8 Å². The van der Waals surface area contributed by atoms with E-state index in [4.69, 9.17) is 4.74 Å². The molecular weight excluding hydrogens is 286 g/mol. The van der Waals surface area contributed by atoms with Crippen molar-refractivity contribution in [2.75, 3.05) is 11.9 Å². The number of amides is 1. The maximum atomic E-state index is 12.3. The van der Waals surface area contributed by atoms with E-state index in [2.05, 4.69) is 12.2 Å². The number of hydrogen-bond donors (Lipinski definition) is 1. The van der Waals surface area contributed by atoms with Gasteiger partial charge in [0, 0.05) is 11.3 Å². The first kappa shape index (κ1) is 16.0. The van der Waals surface area contributed by atoms with Crippen LogP contribution in [0, 0.1) is 5.92 Å². The zero-order valence-corrected chi connectivity index (χ0v) is 13.8. The van der Waals surface area contributed by atoms with Crippen molar-refractivity contribution < 1.29 is 14.3 Å². The van der Waals surface area contributed by atoms with Crippen LogP contribution in [0.2, 0.25) is 0 Å². The third-order valence-electron chi connectivity index (χ3n) is 3.73. The fourth-order valence-corrected chi connectivity index (χ4v) is 3.95. The zero-order chi connectivity index (χ0) is 15.4. The number of rotatable bonds is 5. The van der Waals surface area contributed by atoms with E-state index in [1.165, 1.54) is 16.2 Å². The number of carbonyl (C=O) groups is 2. The van der Waals surface area contributed by atoms with Crippen LogP contribution in [0.5, 0.6) is 0 Å². The average Bonchev–Trinajstić information content (AvgIpc) is 2.81. The van der Waals surface area contributed by atoms with Crippen LogP contribution in [-0.2, 0) is 22.4 Å². The molecule has 116 valence electrons. The second-order valence-electron chi connectivity index (χ2n) is 5.59. The lowest BCUT2D eigenvalue weighted by Gasteiger charge is -2.18. The molecule has 0 aromatic carbocycles. The highest BCUT2D eigenvalue weighted by Crippen LogP contribution is 2.40. The van der Waals surface area contributed by atoms with Gasteiger partial charge in [-0.15, -0.1) is 11.3 Å². The minimum absolute atomic E-state index is 0.0637. The van der Waals surface area contributed by atoms with Crippen LogP contribution in [0.3, 0.4) is 0 Å². The predicted molar refractivity (Wildman–Crippen MR) is 85.0 cm³/mol. The van der Waals surface area contributed by atoms with Gasteiger partial charge in [-0.1, -0.05) is 20.8 Å². The van der Waals surface area contributed by atoms with Crippen molar-refractivity contribution in [1.29, 1.82) is 0 Å². The normalized spacial score (nSPS) is 17.2. The van der Waals surface area contributed by atoms with Gasteiger partial charge in [-0.2, -0.15) is 0 Å². The molecule has 1 aromatic rings. The van der Waals surface area contributed by atoms with Gasteiger partial charge in [-0.05, 0) is 37.2 Å². The molecule has 1 unspecified atom stereocenters. The Bertz CT molecular complexity index is 536. The summed E-state index contributed by atoms with van der Waals surface area (Å²) in [6.07, 6.45) is 4.16. The number of fused-ring (bicyclic) bond motifs is 1. The van der Waals surface area contributed by atoms with E-state index in [0.29, 0.717) is 29.5 Å². The summed E-state index contributed by atoms with van der Waals surface area (Å²) in [5.74, 6) is 0.270. The number of anilines is 1. The van der Waals surface area contributed by atoms with Crippen molar-refractivity contribution in [3.05, 3.63) is 16.0 Å². The maximum absolute atomic E-state index is 12.3. The Labute approximate surface area is 129 Å². The van der Waals surface area contributed by atoms with Crippen molar-refractivity contribution in [2.24, 2.45) is 5.92 Å². The molecule has 1 heterocycles. The van der Waals surface area contributed by atoms with Crippen LogP contribution in [0.25, 0.3) is 0 Å². The molecule has 1 N–H and O–H groups in total. The van der Waals surface area contributed by atoms with Gasteiger partial charge in [0.15, 0.2) is 0 Å².